The minimum absolute atomic E-state index is 0.147. The predicted molar refractivity (Wildman–Crippen MR) is 105 cm³/mol. The number of phenolic OH excluding ortho intramolecular Hbond substituents is 1. The molecule has 1 fully saturated rings. The lowest BCUT2D eigenvalue weighted by atomic mass is 10.1. The van der Waals surface area contributed by atoms with Crippen molar-refractivity contribution in [3.63, 3.8) is 0 Å². The van der Waals surface area contributed by atoms with Crippen LogP contribution in [0.4, 0.5) is 0 Å². The third-order valence-corrected chi connectivity index (χ3v) is 4.76. The van der Waals surface area contributed by atoms with Crippen LogP contribution in [0.2, 0.25) is 0 Å². The number of phenols is 1. The number of ether oxygens (including phenoxy) is 1. The molecule has 1 aliphatic heterocycles. The lowest BCUT2D eigenvalue weighted by Crippen LogP contribution is -2.43. The number of aromatic hydroxyl groups is 1. The minimum Gasteiger partial charge on any atom is -0.504 e. The van der Waals surface area contributed by atoms with Crippen molar-refractivity contribution >= 4 is 5.71 Å². The van der Waals surface area contributed by atoms with Crippen molar-refractivity contribution in [2.45, 2.75) is 20.4 Å². The third kappa shape index (κ3) is 4.55. The van der Waals surface area contributed by atoms with Crippen LogP contribution in [-0.2, 0) is 6.54 Å². The SMILES string of the molecule is COc1cc(/C(C)=N/N2CCN(Cc3ccc(C)cc3)CC2)ccc1O. The topological polar surface area (TPSA) is 48.3 Å². The van der Waals surface area contributed by atoms with Gasteiger partial charge in [0, 0.05) is 38.3 Å². The molecule has 0 spiro atoms. The number of piperazine rings is 1. The molecule has 5 nitrogen and oxygen atoms in total. The van der Waals surface area contributed by atoms with Crippen LogP contribution in [0.25, 0.3) is 0 Å². The zero-order valence-electron chi connectivity index (χ0n) is 15.8. The quantitative estimate of drug-likeness (QED) is 0.839. The summed E-state index contributed by atoms with van der Waals surface area (Å²) in [5, 5.41) is 16.6. The van der Waals surface area contributed by atoms with Crippen LogP contribution in [0.1, 0.15) is 23.6 Å². The fourth-order valence-corrected chi connectivity index (χ4v) is 3.12. The smallest absolute Gasteiger partial charge is 0.161 e. The highest BCUT2D eigenvalue weighted by Crippen LogP contribution is 2.26. The second-order valence-electron chi connectivity index (χ2n) is 6.79. The predicted octanol–water partition coefficient (Wildman–Crippen LogP) is 3.25. The van der Waals surface area contributed by atoms with Crippen molar-refractivity contribution in [3.8, 4) is 11.5 Å². The average molecular weight is 353 g/mol. The van der Waals surface area contributed by atoms with Gasteiger partial charge in [-0.05, 0) is 37.6 Å². The Labute approximate surface area is 155 Å². The molecule has 0 amide bonds. The third-order valence-electron chi connectivity index (χ3n) is 4.76. The van der Waals surface area contributed by atoms with E-state index in [0.717, 1.165) is 44.0 Å². The van der Waals surface area contributed by atoms with Crippen LogP contribution >= 0.6 is 0 Å². The van der Waals surface area contributed by atoms with E-state index < -0.39 is 0 Å². The van der Waals surface area contributed by atoms with E-state index in [1.165, 1.54) is 11.1 Å². The number of hydrazone groups is 1. The molecule has 0 aliphatic carbocycles. The van der Waals surface area contributed by atoms with Crippen LogP contribution in [0.15, 0.2) is 47.6 Å². The van der Waals surface area contributed by atoms with Gasteiger partial charge in [-0.1, -0.05) is 29.8 Å². The summed E-state index contributed by atoms with van der Waals surface area (Å²) >= 11 is 0. The molecule has 3 rings (SSSR count). The zero-order chi connectivity index (χ0) is 18.5. The highest BCUT2D eigenvalue weighted by atomic mass is 16.5. The molecule has 2 aromatic carbocycles. The van der Waals surface area contributed by atoms with Gasteiger partial charge in [0.15, 0.2) is 11.5 Å². The Kier molecular flexibility index (Phi) is 5.78. The normalized spacial score (nSPS) is 16.0. The van der Waals surface area contributed by atoms with Crippen molar-refractivity contribution in [1.29, 1.82) is 0 Å². The van der Waals surface area contributed by atoms with Crippen LogP contribution in [0.3, 0.4) is 0 Å². The summed E-state index contributed by atoms with van der Waals surface area (Å²) in [6.07, 6.45) is 0. The maximum Gasteiger partial charge on any atom is 0.161 e. The molecule has 0 aromatic heterocycles. The first-order chi connectivity index (χ1) is 12.5. The Bertz CT molecular complexity index is 763. The molecule has 0 saturated carbocycles. The molecule has 1 heterocycles. The lowest BCUT2D eigenvalue weighted by Gasteiger charge is -2.33. The van der Waals surface area contributed by atoms with E-state index in [4.69, 9.17) is 9.84 Å². The Morgan fingerprint density at radius 3 is 2.42 bits per heavy atom. The van der Waals surface area contributed by atoms with E-state index in [-0.39, 0.29) is 5.75 Å². The van der Waals surface area contributed by atoms with Crippen molar-refractivity contribution in [1.82, 2.24) is 9.91 Å². The Morgan fingerprint density at radius 2 is 1.77 bits per heavy atom. The van der Waals surface area contributed by atoms with Gasteiger partial charge in [-0.2, -0.15) is 5.10 Å². The molecule has 0 radical (unpaired) electrons. The Morgan fingerprint density at radius 1 is 1.08 bits per heavy atom. The summed E-state index contributed by atoms with van der Waals surface area (Å²) in [6, 6.07) is 14.1. The van der Waals surface area contributed by atoms with E-state index in [1.54, 1.807) is 13.2 Å². The fraction of sp³-hybridized carbons (Fsp3) is 0.381. The van der Waals surface area contributed by atoms with Gasteiger partial charge in [0.05, 0.1) is 12.8 Å². The molecule has 0 unspecified atom stereocenters. The van der Waals surface area contributed by atoms with Gasteiger partial charge in [0.25, 0.3) is 0 Å². The molecule has 5 heteroatoms. The molecule has 0 bridgehead atoms. The van der Waals surface area contributed by atoms with Gasteiger partial charge in [0.2, 0.25) is 0 Å². The average Bonchev–Trinajstić information content (AvgIpc) is 2.65. The molecule has 1 aliphatic rings. The molecule has 0 atom stereocenters. The zero-order valence-corrected chi connectivity index (χ0v) is 15.8. The minimum atomic E-state index is 0.147. The van der Waals surface area contributed by atoms with E-state index in [9.17, 15) is 5.11 Å². The number of hydrogen-bond acceptors (Lipinski definition) is 5. The van der Waals surface area contributed by atoms with Crippen LogP contribution in [-0.4, -0.2) is 54.0 Å². The number of methoxy groups -OCH3 is 1. The van der Waals surface area contributed by atoms with E-state index >= 15 is 0 Å². The van der Waals surface area contributed by atoms with Crippen LogP contribution in [0, 0.1) is 6.92 Å². The van der Waals surface area contributed by atoms with E-state index in [2.05, 4.69) is 41.1 Å². The number of benzene rings is 2. The van der Waals surface area contributed by atoms with Crippen LogP contribution < -0.4 is 4.74 Å². The van der Waals surface area contributed by atoms with Crippen molar-refractivity contribution in [3.05, 3.63) is 59.2 Å². The van der Waals surface area contributed by atoms with Gasteiger partial charge in [0.1, 0.15) is 0 Å². The van der Waals surface area contributed by atoms with Crippen molar-refractivity contribution < 1.29 is 9.84 Å². The summed E-state index contributed by atoms with van der Waals surface area (Å²) in [5.74, 6) is 0.619. The molecule has 2 aromatic rings. The summed E-state index contributed by atoms with van der Waals surface area (Å²) < 4.78 is 5.18. The van der Waals surface area contributed by atoms with Crippen LogP contribution in [0.5, 0.6) is 11.5 Å². The summed E-state index contributed by atoms with van der Waals surface area (Å²) in [5.41, 5.74) is 4.55. The number of aryl methyl sites for hydroxylation is 1. The number of nitrogens with zero attached hydrogens (tertiary/aromatic N) is 3. The summed E-state index contributed by atoms with van der Waals surface area (Å²) in [4.78, 5) is 2.47. The molecule has 1 saturated heterocycles. The highest BCUT2D eigenvalue weighted by Gasteiger charge is 2.16. The number of rotatable bonds is 5. The van der Waals surface area contributed by atoms with Crippen molar-refractivity contribution in [2.24, 2.45) is 5.10 Å². The molecular weight excluding hydrogens is 326 g/mol. The molecular formula is C21H27N3O2. The highest BCUT2D eigenvalue weighted by molar-refractivity contribution is 5.99. The largest absolute Gasteiger partial charge is 0.504 e. The van der Waals surface area contributed by atoms with Gasteiger partial charge in [-0.15, -0.1) is 0 Å². The van der Waals surface area contributed by atoms with Gasteiger partial charge in [-0.25, -0.2) is 0 Å². The molecule has 26 heavy (non-hydrogen) atoms. The summed E-state index contributed by atoms with van der Waals surface area (Å²) in [6.45, 7) is 8.94. The first-order valence-electron chi connectivity index (χ1n) is 9.00. The fourth-order valence-electron chi connectivity index (χ4n) is 3.12. The standard InChI is InChI=1S/C21H27N3O2/c1-16-4-6-18(7-5-16)15-23-10-12-24(13-11-23)22-17(2)19-8-9-20(25)21(14-19)26-3/h4-9,14,25H,10-13,15H2,1-3H3/b22-17+. The maximum atomic E-state index is 9.72. The first kappa shape index (κ1) is 18.3. The van der Waals surface area contributed by atoms with E-state index in [0.29, 0.717) is 5.75 Å². The monoisotopic (exact) mass is 353 g/mol. The second-order valence-corrected chi connectivity index (χ2v) is 6.79. The Balaban J connectivity index is 1.57. The van der Waals surface area contributed by atoms with E-state index in [1.807, 2.05) is 19.1 Å². The van der Waals surface area contributed by atoms with Crippen molar-refractivity contribution in [2.75, 3.05) is 33.3 Å². The van der Waals surface area contributed by atoms with Gasteiger partial charge in [-0.3, -0.25) is 9.91 Å². The number of hydrogen-bond donors (Lipinski definition) is 1. The second kappa shape index (κ2) is 8.23. The lowest BCUT2D eigenvalue weighted by molar-refractivity contribution is 0.130. The molecule has 1 N–H and O–H groups in total. The maximum absolute atomic E-state index is 9.72. The van der Waals surface area contributed by atoms with Gasteiger partial charge < -0.3 is 9.84 Å². The van der Waals surface area contributed by atoms with Gasteiger partial charge >= 0.3 is 0 Å². The molecule has 138 valence electrons. The summed E-state index contributed by atoms with van der Waals surface area (Å²) in [7, 11) is 1.55. The Hall–Kier alpha value is -2.53. The first-order valence-corrected chi connectivity index (χ1v) is 9.00.